The highest BCUT2D eigenvalue weighted by Crippen LogP contribution is 2.52. The molecule has 3 nitrogen and oxygen atoms in total. The van der Waals surface area contributed by atoms with Crippen LogP contribution in [0.1, 0.15) is 18.4 Å². The average Bonchev–Trinajstić information content (AvgIpc) is 2.63. The summed E-state index contributed by atoms with van der Waals surface area (Å²) in [6, 6.07) is 10.5. The summed E-state index contributed by atoms with van der Waals surface area (Å²) >= 11 is 0. The number of likely N-dealkylation sites (tertiary alicyclic amines) is 1. The quantitative estimate of drug-likeness (QED) is 0.764. The first-order valence-electron chi connectivity index (χ1n) is 6.59. The highest BCUT2D eigenvalue weighted by atomic mass is 16.5. The molecule has 3 rings (SSSR count). The second-order valence-corrected chi connectivity index (χ2v) is 5.54. The van der Waals surface area contributed by atoms with E-state index in [9.17, 15) is 4.79 Å². The molecule has 1 aromatic carbocycles. The number of methoxy groups -OCH3 is 1. The van der Waals surface area contributed by atoms with E-state index < -0.39 is 0 Å². The number of carbonyl (C=O) groups excluding carboxylic acids is 1. The Bertz CT molecular complexity index is 445. The molecule has 0 unspecified atom stereocenters. The van der Waals surface area contributed by atoms with Gasteiger partial charge in [0.05, 0.1) is 12.5 Å². The first-order chi connectivity index (χ1) is 8.74. The van der Waals surface area contributed by atoms with E-state index in [2.05, 4.69) is 29.2 Å². The Kier molecular flexibility index (Phi) is 2.86. The average molecular weight is 245 g/mol. The fourth-order valence-corrected chi connectivity index (χ4v) is 3.44. The normalized spacial score (nSPS) is 30.6. The Balaban J connectivity index is 1.70. The summed E-state index contributed by atoms with van der Waals surface area (Å²) < 4.78 is 4.99. The molecule has 0 N–H and O–H groups in total. The zero-order valence-electron chi connectivity index (χ0n) is 10.8. The molecular formula is C15H19NO2. The summed E-state index contributed by atoms with van der Waals surface area (Å²) in [4.78, 5) is 14.3. The molecule has 0 bridgehead atoms. The zero-order valence-corrected chi connectivity index (χ0v) is 10.8. The fourth-order valence-electron chi connectivity index (χ4n) is 3.44. The fraction of sp³-hybridized carbons (Fsp3) is 0.533. The lowest BCUT2D eigenvalue weighted by molar-refractivity contribution is -0.160. The Hall–Kier alpha value is -1.35. The van der Waals surface area contributed by atoms with Crippen molar-refractivity contribution < 1.29 is 9.53 Å². The Labute approximate surface area is 108 Å². The van der Waals surface area contributed by atoms with Crippen LogP contribution < -0.4 is 0 Å². The molecular weight excluding hydrogens is 226 g/mol. The zero-order chi connectivity index (χ0) is 12.6. The molecule has 1 aliphatic carbocycles. The number of esters is 1. The van der Waals surface area contributed by atoms with Crippen LogP contribution in [0.15, 0.2) is 30.3 Å². The summed E-state index contributed by atoms with van der Waals surface area (Å²) in [5.74, 6) is 0.503. The van der Waals surface area contributed by atoms with Gasteiger partial charge in [-0.3, -0.25) is 9.69 Å². The number of ether oxygens (including phenoxy) is 1. The third-order valence-electron chi connectivity index (χ3n) is 4.55. The van der Waals surface area contributed by atoms with Gasteiger partial charge < -0.3 is 4.74 Å². The van der Waals surface area contributed by atoms with Crippen molar-refractivity contribution in [2.45, 2.75) is 19.4 Å². The third-order valence-corrected chi connectivity index (χ3v) is 4.55. The smallest absolute Gasteiger partial charge is 0.313 e. The van der Waals surface area contributed by atoms with E-state index in [1.807, 2.05) is 6.07 Å². The van der Waals surface area contributed by atoms with Gasteiger partial charge in [-0.25, -0.2) is 0 Å². The summed E-state index contributed by atoms with van der Waals surface area (Å²) in [6.45, 7) is 2.83. The molecule has 0 amide bonds. The van der Waals surface area contributed by atoms with Gasteiger partial charge in [0.2, 0.25) is 0 Å². The third kappa shape index (κ3) is 1.74. The van der Waals surface area contributed by atoms with Crippen molar-refractivity contribution in [1.29, 1.82) is 0 Å². The van der Waals surface area contributed by atoms with Crippen LogP contribution >= 0.6 is 0 Å². The maximum absolute atomic E-state index is 11.9. The predicted molar refractivity (Wildman–Crippen MR) is 68.9 cm³/mol. The second kappa shape index (κ2) is 4.39. The Morgan fingerprint density at radius 2 is 2.22 bits per heavy atom. The van der Waals surface area contributed by atoms with Gasteiger partial charge in [-0.15, -0.1) is 0 Å². The molecule has 3 heteroatoms. The van der Waals surface area contributed by atoms with Crippen molar-refractivity contribution in [2.24, 2.45) is 11.3 Å². The van der Waals surface area contributed by atoms with Crippen LogP contribution in [-0.2, 0) is 16.1 Å². The first-order valence-corrected chi connectivity index (χ1v) is 6.59. The van der Waals surface area contributed by atoms with Crippen LogP contribution in [0.2, 0.25) is 0 Å². The molecule has 2 atom stereocenters. The van der Waals surface area contributed by atoms with E-state index in [0.29, 0.717) is 5.92 Å². The van der Waals surface area contributed by atoms with Crippen molar-refractivity contribution >= 4 is 5.97 Å². The number of hydrogen-bond acceptors (Lipinski definition) is 3. The lowest BCUT2D eigenvalue weighted by Gasteiger charge is -2.40. The molecule has 0 radical (unpaired) electrons. The number of nitrogens with zero attached hydrogens (tertiary/aromatic N) is 1. The van der Waals surface area contributed by atoms with Crippen molar-refractivity contribution in [3.05, 3.63) is 35.9 Å². The van der Waals surface area contributed by atoms with Crippen molar-refractivity contribution in [1.82, 2.24) is 4.90 Å². The number of carbonyl (C=O) groups is 1. The summed E-state index contributed by atoms with van der Waals surface area (Å²) in [5.41, 5.74) is 1.13. The van der Waals surface area contributed by atoms with E-state index in [-0.39, 0.29) is 11.4 Å². The minimum atomic E-state index is -0.191. The molecule has 0 spiro atoms. The summed E-state index contributed by atoms with van der Waals surface area (Å²) in [6.07, 6.45) is 2.16. The largest absolute Gasteiger partial charge is 0.469 e. The van der Waals surface area contributed by atoms with Gasteiger partial charge in [-0.05, 0) is 24.3 Å². The van der Waals surface area contributed by atoms with Crippen molar-refractivity contribution in [3.8, 4) is 0 Å². The van der Waals surface area contributed by atoms with E-state index in [1.54, 1.807) is 0 Å². The number of benzene rings is 1. The molecule has 1 aliphatic heterocycles. The molecule has 1 saturated heterocycles. The van der Waals surface area contributed by atoms with Gasteiger partial charge in [0.1, 0.15) is 0 Å². The second-order valence-electron chi connectivity index (χ2n) is 5.54. The van der Waals surface area contributed by atoms with Crippen LogP contribution in [0.25, 0.3) is 0 Å². The Morgan fingerprint density at radius 1 is 1.44 bits per heavy atom. The van der Waals surface area contributed by atoms with Gasteiger partial charge in [-0.2, -0.15) is 0 Å². The van der Waals surface area contributed by atoms with Crippen LogP contribution in [-0.4, -0.2) is 31.1 Å². The van der Waals surface area contributed by atoms with Crippen LogP contribution in [0.5, 0.6) is 0 Å². The molecule has 1 heterocycles. The lowest BCUT2D eigenvalue weighted by Crippen LogP contribution is -2.47. The molecule has 2 aliphatic rings. The summed E-state index contributed by atoms with van der Waals surface area (Å²) in [5, 5.41) is 0. The van der Waals surface area contributed by atoms with E-state index in [0.717, 1.165) is 26.1 Å². The first kappa shape index (κ1) is 11.7. The number of rotatable bonds is 3. The van der Waals surface area contributed by atoms with Crippen molar-refractivity contribution in [3.63, 3.8) is 0 Å². The van der Waals surface area contributed by atoms with Crippen LogP contribution in [0, 0.1) is 11.3 Å². The van der Waals surface area contributed by atoms with Gasteiger partial charge in [0.15, 0.2) is 0 Å². The van der Waals surface area contributed by atoms with Gasteiger partial charge in [0.25, 0.3) is 0 Å². The van der Waals surface area contributed by atoms with Crippen molar-refractivity contribution in [2.75, 3.05) is 20.2 Å². The topological polar surface area (TPSA) is 29.5 Å². The van der Waals surface area contributed by atoms with Gasteiger partial charge in [0, 0.05) is 19.6 Å². The number of hydrogen-bond donors (Lipinski definition) is 0. The summed E-state index contributed by atoms with van der Waals surface area (Å²) in [7, 11) is 1.51. The lowest BCUT2D eigenvalue weighted by atomic mass is 9.62. The van der Waals surface area contributed by atoms with Gasteiger partial charge in [-0.1, -0.05) is 30.3 Å². The molecule has 2 fully saturated rings. The number of fused-ring (bicyclic) bond motifs is 1. The van der Waals surface area contributed by atoms with Crippen LogP contribution in [0.4, 0.5) is 0 Å². The minimum absolute atomic E-state index is 0.00527. The molecule has 0 aromatic heterocycles. The maximum Gasteiger partial charge on any atom is 0.313 e. The standard InChI is InChI=1S/C15H19NO2/c1-18-14(17)15-8-7-13(15)10-16(11-15)9-12-5-3-2-4-6-12/h2-6,13H,7-11H2,1H3/t13-,15+/m0/s1. The van der Waals surface area contributed by atoms with E-state index in [4.69, 9.17) is 4.74 Å². The molecule has 1 aromatic rings. The van der Waals surface area contributed by atoms with E-state index >= 15 is 0 Å². The molecule has 96 valence electrons. The van der Waals surface area contributed by atoms with E-state index in [1.165, 1.54) is 19.1 Å². The Morgan fingerprint density at radius 3 is 2.83 bits per heavy atom. The highest BCUT2D eigenvalue weighted by Gasteiger charge is 2.58. The SMILES string of the molecule is COC(=O)[C@@]12CC[C@H]1CN(Cc1ccccc1)C2. The molecule has 1 saturated carbocycles. The maximum atomic E-state index is 11.9. The van der Waals surface area contributed by atoms with Crippen LogP contribution in [0.3, 0.4) is 0 Å². The molecule has 18 heavy (non-hydrogen) atoms. The highest BCUT2D eigenvalue weighted by molar-refractivity contribution is 5.79. The van der Waals surface area contributed by atoms with Gasteiger partial charge >= 0.3 is 5.97 Å². The minimum Gasteiger partial charge on any atom is -0.469 e. The predicted octanol–water partition coefficient (Wildman–Crippen LogP) is 2.07. The monoisotopic (exact) mass is 245 g/mol.